The van der Waals surface area contributed by atoms with Crippen LogP contribution in [0.3, 0.4) is 0 Å². The number of rotatable bonds is 2. The van der Waals surface area contributed by atoms with E-state index in [1.54, 1.807) is 0 Å². The lowest BCUT2D eigenvalue weighted by Crippen LogP contribution is -2.46. The zero-order valence-electron chi connectivity index (χ0n) is 10.5. The Morgan fingerprint density at radius 1 is 1.44 bits per heavy atom. The van der Waals surface area contributed by atoms with E-state index in [4.69, 9.17) is 5.73 Å². The zero-order chi connectivity index (χ0) is 12.5. The number of nitrogen functional groups attached to an aromatic ring is 1. The first-order chi connectivity index (χ1) is 8.74. The predicted octanol–water partition coefficient (Wildman–Crippen LogP) is 2.06. The van der Waals surface area contributed by atoms with Gasteiger partial charge >= 0.3 is 0 Å². The van der Waals surface area contributed by atoms with Crippen LogP contribution < -0.4 is 5.73 Å². The molecule has 98 valence electrons. The van der Waals surface area contributed by atoms with Gasteiger partial charge in [-0.05, 0) is 31.6 Å². The first-order valence-corrected chi connectivity index (χ1v) is 7.61. The molecule has 1 amide bonds. The number of hydrogen-bond donors (Lipinski definition) is 1. The zero-order valence-corrected chi connectivity index (χ0v) is 11.3. The van der Waals surface area contributed by atoms with E-state index in [9.17, 15) is 4.79 Å². The van der Waals surface area contributed by atoms with Crippen LogP contribution >= 0.6 is 11.3 Å². The number of aromatic nitrogens is 1. The van der Waals surface area contributed by atoms with Crippen LogP contribution in [0.2, 0.25) is 0 Å². The number of fused-ring (bicyclic) bond motifs is 1. The number of likely N-dealkylation sites (tertiary alicyclic amines) is 1. The molecule has 2 atom stereocenters. The van der Waals surface area contributed by atoms with Crippen LogP contribution in [-0.4, -0.2) is 28.4 Å². The second-order valence-corrected chi connectivity index (χ2v) is 6.23. The average Bonchev–Trinajstić information content (AvgIpc) is 2.97. The smallest absolute Gasteiger partial charge is 0.228 e. The second-order valence-electron chi connectivity index (χ2n) is 5.34. The van der Waals surface area contributed by atoms with Gasteiger partial charge in [-0.2, -0.15) is 0 Å². The highest BCUT2D eigenvalue weighted by molar-refractivity contribution is 7.13. The van der Waals surface area contributed by atoms with Crippen LogP contribution in [0, 0.1) is 5.92 Å². The van der Waals surface area contributed by atoms with Crippen LogP contribution in [0.1, 0.15) is 37.8 Å². The molecule has 0 radical (unpaired) electrons. The van der Waals surface area contributed by atoms with Gasteiger partial charge in [0.25, 0.3) is 0 Å². The van der Waals surface area contributed by atoms with E-state index < -0.39 is 0 Å². The van der Waals surface area contributed by atoms with Crippen LogP contribution in [0.5, 0.6) is 0 Å². The molecule has 1 aliphatic carbocycles. The van der Waals surface area contributed by atoms with Crippen molar-refractivity contribution in [3.05, 3.63) is 11.1 Å². The summed E-state index contributed by atoms with van der Waals surface area (Å²) >= 11 is 1.41. The number of hydrogen-bond acceptors (Lipinski definition) is 4. The maximum Gasteiger partial charge on any atom is 0.228 e. The summed E-state index contributed by atoms with van der Waals surface area (Å²) in [4.78, 5) is 18.7. The summed E-state index contributed by atoms with van der Waals surface area (Å²) in [5, 5.41) is 2.44. The minimum absolute atomic E-state index is 0.233. The molecule has 2 heterocycles. The van der Waals surface area contributed by atoms with Gasteiger partial charge in [-0.3, -0.25) is 4.79 Å². The Balaban J connectivity index is 1.68. The number of carbonyl (C=O) groups excluding carboxylic acids is 1. The Morgan fingerprint density at radius 2 is 2.28 bits per heavy atom. The topological polar surface area (TPSA) is 59.2 Å². The normalized spacial score (nSPS) is 27.2. The molecule has 4 nitrogen and oxygen atoms in total. The Labute approximate surface area is 111 Å². The molecule has 2 fully saturated rings. The van der Waals surface area contributed by atoms with E-state index in [0.717, 1.165) is 24.6 Å². The molecular weight excluding hydrogens is 246 g/mol. The molecule has 0 spiro atoms. The number of piperidine rings is 1. The summed E-state index contributed by atoms with van der Waals surface area (Å²) in [5.74, 6) is 0.986. The third kappa shape index (κ3) is 2.23. The third-order valence-corrected chi connectivity index (χ3v) is 4.94. The molecule has 2 N–H and O–H groups in total. The lowest BCUT2D eigenvalue weighted by Gasteiger charge is -2.37. The quantitative estimate of drug-likeness (QED) is 0.890. The molecule has 1 aromatic heterocycles. The monoisotopic (exact) mass is 265 g/mol. The molecule has 1 saturated carbocycles. The van der Waals surface area contributed by atoms with Crippen molar-refractivity contribution in [2.45, 2.75) is 44.6 Å². The van der Waals surface area contributed by atoms with Crippen molar-refractivity contribution >= 4 is 22.4 Å². The van der Waals surface area contributed by atoms with Gasteiger partial charge in [0.1, 0.15) is 0 Å². The fraction of sp³-hybridized carbons (Fsp3) is 0.692. The van der Waals surface area contributed by atoms with Crippen LogP contribution in [0.15, 0.2) is 5.38 Å². The van der Waals surface area contributed by atoms with E-state index in [0.29, 0.717) is 17.6 Å². The molecule has 3 rings (SSSR count). The van der Waals surface area contributed by atoms with Gasteiger partial charge in [0.05, 0.1) is 12.1 Å². The molecule has 1 aliphatic heterocycles. The van der Waals surface area contributed by atoms with Gasteiger partial charge in [-0.15, -0.1) is 11.3 Å². The lowest BCUT2D eigenvalue weighted by atomic mass is 9.91. The number of carbonyl (C=O) groups is 1. The lowest BCUT2D eigenvalue weighted by molar-refractivity contribution is -0.135. The van der Waals surface area contributed by atoms with Crippen molar-refractivity contribution in [2.75, 3.05) is 12.3 Å². The molecule has 1 aromatic rings. The van der Waals surface area contributed by atoms with E-state index >= 15 is 0 Å². The minimum atomic E-state index is 0.233. The largest absolute Gasteiger partial charge is 0.375 e. The van der Waals surface area contributed by atoms with E-state index in [1.165, 1.54) is 37.0 Å². The second kappa shape index (κ2) is 4.88. The van der Waals surface area contributed by atoms with Gasteiger partial charge in [0.15, 0.2) is 5.13 Å². The van der Waals surface area contributed by atoms with Gasteiger partial charge in [-0.1, -0.05) is 6.42 Å². The first kappa shape index (κ1) is 12.0. The molecule has 1 saturated heterocycles. The van der Waals surface area contributed by atoms with Crippen LogP contribution in [0.4, 0.5) is 5.13 Å². The highest BCUT2D eigenvalue weighted by Crippen LogP contribution is 2.36. The molecular formula is C13H19N3OS. The number of nitrogens with two attached hydrogens (primary N) is 1. The summed E-state index contributed by atoms with van der Waals surface area (Å²) in [6, 6.07) is 0.502. The van der Waals surface area contributed by atoms with Gasteiger partial charge in [0, 0.05) is 18.0 Å². The molecule has 0 aromatic carbocycles. The number of nitrogens with zero attached hydrogens (tertiary/aromatic N) is 2. The number of anilines is 1. The molecule has 5 heteroatoms. The fourth-order valence-corrected chi connectivity index (χ4v) is 3.99. The van der Waals surface area contributed by atoms with Gasteiger partial charge in [0.2, 0.25) is 5.91 Å². The predicted molar refractivity (Wildman–Crippen MR) is 72.3 cm³/mol. The standard InChI is InChI=1S/C13H19N3OS/c14-13-15-10(8-18-13)7-12(17)16-6-2-4-9-3-1-5-11(9)16/h8-9,11H,1-7H2,(H2,14,15). The highest BCUT2D eigenvalue weighted by Gasteiger charge is 2.37. The van der Waals surface area contributed by atoms with Crippen molar-refractivity contribution in [3.8, 4) is 0 Å². The minimum Gasteiger partial charge on any atom is -0.375 e. The van der Waals surface area contributed by atoms with E-state index in [-0.39, 0.29) is 5.91 Å². The van der Waals surface area contributed by atoms with E-state index in [2.05, 4.69) is 9.88 Å². The van der Waals surface area contributed by atoms with Crippen molar-refractivity contribution in [1.29, 1.82) is 0 Å². The third-order valence-electron chi connectivity index (χ3n) is 4.22. The Morgan fingerprint density at radius 3 is 3.06 bits per heavy atom. The maximum absolute atomic E-state index is 12.4. The highest BCUT2D eigenvalue weighted by atomic mass is 32.1. The summed E-state index contributed by atoms with van der Waals surface area (Å²) in [6.07, 6.45) is 6.65. The first-order valence-electron chi connectivity index (χ1n) is 6.73. The Hall–Kier alpha value is -1.10. The van der Waals surface area contributed by atoms with E-state index in [1.807, 2.05) is 5.38 Å². The van der Waals surface area contributed by atoms with Crippen molar-refractivity contribution in [1.82, 2.24) is 9.88 Å². The number of amides is 1. The van der Waals surface area contributed by atoms with Crippen molar-refractivity contribution in [3.63, 3.8) is 0 Å². The molecule has 2 unspecified atom stereocenters. The summed E-state index contributed by atoms with van der Waals surface area (Å²) < 4.78 is 0. The molecule has 18 heavy (non-hydrogen) atoms. The summed E-state index contributed by atoms with van der Waals surface area (Å²) in [5.41, 5.74) is 6.42. The average molecular weight is 265 g/mol. The summed E-state index contributed by atoms with van der Waals surface area (Å²) in [6.45, 7) is 0.930. The Bertz CT molecular complexity index is 445. The number of thiazole rings is 1. The fourth-order valence-electron chi connectivity index (χ4n) is 3.42. The van der Waals surface area contributed by atoms with Crippen molar-refractivity contribution < 1.29 is 4.79 Å². The molecule has 2 aliphatic rings. The maximum atomic E-state index is 12.4. The van der Waals surface area contributed by atoms with Crippen LogP contribution in [0.25, 0.3) is 0 Å². The SMILES string of the molecule is Nc1nc(CC(=O)N2CCCC3CCCC32)cs1. The molecule has 0 bridgehead atoms. The van der Waals surface area contributed by atoms with Gasteiger partial charge in [-0.25, -0.2) is 4.98 Å². The van der Waals surface area contributed by atoms with Gasteiger partial charge < -0.3 is 10.6 Å². The van der Waals surface area contributed by atoms with Crippen LogP contribution in [-0.2, 0) is 11.2 Å². The Kier molecular flexibility index (Phi) is 3.24. The summed E-state index contributed by atoms with van der Waals surface area (Å²) in [7, 11) is 0. The van der Waals surface area contributed by atoms with Crippen molar-refractivity contribution in [2.24, 2.45) is 5.92 Å².